The molecule has 0 spiro atoms. The molecular formula is C11H19NO2. The molecule has 2 fully saturated rings. The van der Waals surface area contributed by atoms with Crippen molar-refractivity contribution < 1.29 is 9.53 Å². The number of carbonyl (C=O) groups excluding carboxylic acids is 1. The summed E-state index contributed by atoms with van der Waals surface area (Å²) >= 11 is 0. The van der Waals surface area contributed by atoms with Gasteiger partial charge in [-0.3, -0.25) is 9.69 Å². The van der Waals surface area contributed by atoms with Gasteiger partial charge in [-0.15, -0.1) is 0 Å². The van der Waals surface area contributed by atoms with Crippen molar-refractivity contribution in [2.75, 3.05) is 26.7 Å². The van der Waals surface area contributed by atoms with Crippen LogP contribution in [-0.4, -0.2) is 43.5 Å². The number of ether oxygens (including phenoxy) is 1. The van der Waals surface area contributed by atoms with E-state index in [1.165, 1.54) is 6.42 Å². The highest BCUT2D eigenvalue weighted by molar-refractivity contribution is 5.81. The maximum atomic E-state index is 11.6. The van der Waals surface area contributed by atoms with Gasteiger partial charge in [0.2, 0.25) is 0 Å². The molecule has 0 amide bonds. The summed E-state index contributed by atoms with van der Waals surface area (Å²) < 4.78 is 5.21. The maximum absolute atomic E-state index is 11.6. The van der Waals surface area contributed by atoms with Crippen LogP contribution in [-0.2, 0) is 9.53 Å². The van der Waals surface area contributed by atoms with Gasteiger partial charge in [-0.1, -0.05) is 6.42 Å². The number of Topliss-reactive ketones (excluding diaryl/α,β-unsaturated/α-hetero) is 1. The van der Waals surface area contributed by atoms with Crippen LogP contribution in [0.3, 0.4) is 0 Å². The van der Waals surface area contributed by atoms with Gasteiger partial charge in [-0.2, -0.15) is 0 Å². The number of methoxy groups -OCH3 is 1. The molecule has 2 aliphatic rings. The van der Waals surface area contributed by atoms with Crippen molar-refractivity contribution in [3.8, 4) is 0 Å². The molecule has 1 aliphatic heterocycles. The number of nitrogens with zero attached hydrogens (tertiary/aromatic N) is 1. The lowest BCUT2D eigenvalue weighted by molar-refractivity contribution is -0.126. The van der Waals surface area contributed by atoms with E-state index in [0.717, 1.165) is 38.9 Å². The van der Waals surface area contributed by atoms with E-state index < -0.39 is 0 Å². The Labute approximate surface area is 85.4 Å². The molecule has 0 N–H and O–H groups in total. The number of hydrogen-bond donors (Lipinski definition) is 0. The van der Waals surface area contributed by atoms with Gasteiger partial charge in [-0.05, 0) is 12.8 Å². The molecule has 1 atom stereocenters. The first-order valence-electron chi connectivity index (χ1n) is 5.57. The fraction of sp³-hybridized carbons (Fsp3) is 0.909. The number of carbonyl (C=O) groups is 1. The average Bonchev–Trinajstić information content (AvgIpc) is 2.13. The van der Waals surface area contributed by atoms with Gasteiger partial charge >= 0.3 is 0 Å². The van der Waals surface area contributed by atoms with Gasteiger partial charge in [0.05, 0.1) is 6.10 Å². The SMILES string of the molecule is COC1CN(CC2CCCCC2=O)C1. The molecule has 1 aliphatic carbocycles. The van der Waals surface area contributed by atoms with E-state index in [4.69, 9.17) is 4.74 Å². The van der Waals surface area contributed by atoms with Crippen LogP contribution in [0.5, 0.6) is 0 Å². The number of likely N-dealkylation sites (tertiary alicyclic amines) is 1. The Morgan fingerprint density at radius 2 is 2.21 bits per heavy atom. The average molecular weight is 197 g/mol. The zero-order chi connectivity index (χ0) is 9.97. The van der Waals surface area contributed by atoms with Crippen LogP contribution in [0.15, 0.2) is 0 Å². The van der Waals surface area contributed by atoms with E-state index in [0.29, 0.717) is 17.8 Å². The fourth-order valence-corrected chi connectivity index (χ4v) is 2.38. The van der Waals surface area contributed by atoms with E-state index >= 15 is 0 Å². The summed E-state index contributed by atoms with van der Waals surface area (Å²) in [6, 6.07) is 0. The minimum Gasteiger partial charge on any atom is -0.379 e. The van der Waals surface area contributed by atoms with Gasteiger partial charge in [0.1, 0.15) is 5.78 Å². The second-order valence-corrected chi connectivity index (χ2v) is 4.49. The summed E-state index contributed by atoms with van der Waals surface area (Å²) in [4.78, 5) is 13.9. The lowest BCUT2D eigenvalue weighted by atomic mass is 9.87. The third kappa shape index (κ3) is 2.15. The number of rotatable bonds is 3. The molecule has 14 heavy (non-hydrogen) atoms. The lowest BCUT2D eigenvalue weighted by Gasteiger charge is -2.40. The molecule has 80 valence electrons. The van der Waals surface area contributed by atoms with Crippen molar-refractivity contribution in [3.05, 3.63) is 0 Å². The van der Waals surface area contributed by atoms with Crippen molar-refractivity contribution in [1.82, 2.24) is 4.90 Å². The summed E-state index contributed by atoms with van der Waals surface area (Å²) in [5, 5.41) is 0. The van der Waals surface area contributed by atoms with E-state index in [2.05, 4.69) is 4.90 Å². The van der Waals surface area contributed by atoms with Crippen LogP contribution in [0.2, 0.25) is 0 Å². The van der Waals surface area contributed by atoms with Crippen LogP contribution in [0.25, 0.3) is 0 Å². The molecule has 0 radical (unpaired) electrons. The first-order chi connectivity index (χ1) is 6.79. The molecule has 3 heteroatoms. The third-order valence-corrected chi connectivity index (χ3v) is 3.42. The number of ketones is 1. The van der Waals surface area contributed by atoms with Gasteiger partial charge in [0.25, 0.3) is 0 Å². The van der Waals surface area contributed by atoms with Crippen LogP contribution in [0, 0.1) is 5.92 Å². The van der Waals surface area contributed by atoms with Crippen molar-refractivity contribution >= 4 is 5.78 Å². The van der Waals surface area contributed by atoms with Crippen molar-refractivity contribution in [2.24, 2.45) is 5.92 Å². The molecule has 1 unspecified atom stereocenters. The fourth-order valence-electron chi connectivity index (χ4n) is 2.38. The van der Waals surface area contributed by atoms with Crippen molar-refractivity contribution in [1.29, 1.82) is 0 Å². The van der Waals surface area contributed by atoms with Gasteiger partial charge < -0.3 is 4.74 Å². The minimum atomic E-state index is 0.321. The van der Waals surface area contributed by atoms with Crippen molar-refractivity contribution in [3.63, 3.8) is 0 Å². The summed E-state index contributed by atoms with van der Waals surface area (Å²) in [5.41, 5.74) is 0. The second-order valence-electron chi connectivity index (χ2n) is 4.49. The van der Waals surface area contributed by atoms with E-state index in [9.17, 15) is 4.79 Å². The molecule has 0 aromatic carbocycles. The molecule has 1 saturated heterocycles. The first-order valence-corrected chi connectivity index (χ1v) is 5.57. The zero-order valence-corrected chi connectivity index (χ0v) is 8.87. The Hall–Kier alpha value is -0.410. The summed E-state index contributed by atoms with van der Waals surface area (Å²) in [7, 11) is 1.76. The molecule has 0 aromatic rings. The molecule has 0 aromatic heterocycles. The van der Waals surface area contributed by atoms with E-state index in [-0.39, 0.29) is 0 Å². The highest BCUT2D eigenvalue weighted by Crippen LogP contribution is 2.23. The largest absolute Gasteiger partial charge is 0.379 e. The Morgan fingerprint density at radius 3 is 2.86 bits per heavy atom. The smallest absolute Gasteiger partial charge is 0.137 e. The molecule has 1 saturated carbocycles. The van der Waals surface area contributed by atoms with Crippen LogP contribution < -0.4 is 0 Å². The van der Waals surface area contributed by atoms with Gasteiger partial charge in [0, 0.05) is 39.1 Å². The first kappa shape index (κ1) is 10.1. The molecular weight excluding hydrogens is 178 g/mol. The minimum absolute atomic E-state index is 0.321. The van der Waals surface area contributed by atoms with E-state index in [1.54, 1.807) is 7.11 Å². The molecule has 3 nitrogen and oxygen atoms in total. The zero-order valence-electron chi connectivity index (χ0n) is 8.87. The monoisotopic (exact) mass is 197 g/mol. The number of hydrogen-bond acceptors (Lipinski definition) is 3. The Bertz CT molecular complexity index is 211. The highest BCUT2D eigenvalue weighted by Gasteiger charge is 2.31. The van der Waals surface area contributed by atoms with Crippen LogP contribution in [0.4, 0.5) is 0 Å². The van der Waals surface area contributed by atoms with Gasteiger partial charge in [0.15, 0.2) is 0 Å². The molecule has 2 rings (SSSR count). The maximum Gasteiger partial charge on any atom is 0.137 e. The predicted molar refractivity (Wildman–Crippen MR) is 54.2 cm³/mol. The lowest BCUT2D eigenvalue weighted by Crippen LogP contribution is -2.54. The third-order valence-electron chi connectivity index (χ3n) is 3.42. The highest BCUT2D eigenvalue weighted by atomic mass is 16.5. The molecule has 0 bridgehead atoms. The van der Waals surface area contributed by atoms with Crippen LogP contribution >= 0.6 is 0 Å². The molecule has 1 heterocycles. The Balaban J connectivity index is 1.72. The quantitative estimate of drug-likeness (QED) is 0.678. The standard InChI is InChI=1S/C11H19NO2/c1-14-10-7-12(8-10)6-9-4-2-3-5-11(9)13/h9-10H,2-8H2,1H3. The predicted octanol–water partition coefficient (Wildman–Crippen LogP) is 1.08. The topological polar surface area (TPSA) is 29.5 Å². The Kier molecular flexibility index (Phi) is 3.19. The Morgan fingerprint density at radius 1 is 1.43 bits per heavy atom. The summed E-state index contributed by atoms with van der Waals surface area (Å²) in [6.45, 7) is 3.00. The van der Waals surface area contributed by atoms with Crippen LogP contribution in [0.1, 0.15) is 25.7 Å². The summed E-state index contributed by atoms with van der Waals surface area (Å²) in [5.74, 6) is 0.804. The van der Waals surface area contributed by atoms with Gasteiger partial charge in [-0.25, -0.2) is 0 Å². The second kappa shape index (κ2) is 4.41. The normalized spacial score (nSPS) is 30.4. The van der Waals surface area contributed by atoms with E-state index in [1.807, 2.05) is 0 Å². The van der Waals surface area contributed by atoms with Crippen molar-refractivity contribution in [2.45, 2.75) is 31.8 Å². The summed E-state index contributed by atoms with van der Waals surface area (Å²) in [6.07, 6.45) is 4.67.